The lowest BCUT2D eigenvalue weighted by Gasteiger charge is -2.06. The van der Waals surface area contributed by atoms with Crippen molar-refractivity contribution in [2.24, 2.45) is 5.92 Å². The van der Waals surface area contributed by atoms with Gasteiger partial charge in [0.2, 0.25) is 0 Å². The molecule has 0 N–H and O–H groups in total. The topological polar surface area (TPSA) is 17.8 Å². The quantitative estimate of drug-likeness (QED) is 0.647. The summed E-state index contributed by atoms with van der Waals surface area (Å²) < 4.78 is 2.22. The molecule has 0 bridgehead atoms. The summed E-state index contributed by atoms with van der Waals surface area (Å²) in [4.78, 5) is 4.46. The fourth-order valence-electron chi connectivity index (χ4n) is 3.55. The second kappa shape index (κ2) is 5.60. The molecule has 2 atom stereocenters. The van der Waals surface area contributed by atoms with E-state index in [4.69, 9.17) is 0 Å². The van der Waals surface area contributed by atoms with E-state index in [-0.39, 0.29) is 0 Å². The molecule has 1 fully saturated rings. The maximum absolute atomic E-state index is 4.46. The Morgan fingerprint density at radius 3 is 2.73 bits per heavy atom. The lowest BCUT2D eigenvalue weighted by molar-refractivity contribution is 0.686. The molecule has 0 aliphatic heterocycles. The Hall–Kier alpha value is -2.09. The number of fused-ring (bicyclic) bond motifs is 1. The first-order chi connectivity index (χ1) is 10.8. The van der Waals surface area contributed by atoms with Gasteiger partial charge in [0.25, 0.3) is 0 Å². The van der Waals surface area contributed by atoms with Crippen LogP contribution in [0.1, 0.15) is 43.2 Å². The number of nitrogens with zero attached hydrogens (tertiary/aromatic N) is 2. The number of benzene rings is 2. The van der Waals surface area contributed by atoms with Crippen molar-refractivity contribution in [1.29, 1.82) is 0 Å². The van der Waals surface area contributed by atoms with E-state index in [0.29, 0.717) is 0 Å². The predicted octanol–water partition coefficient (Wildman–Crippen LogP) is 4.99. The number of aromatic nitrogens is 2. The number of imidazole rings is 1. The van der Waals surface area contributed by atoms with Gasteiger partial charge >= 0.3 is 0 Å². The van der Waals surface area contributed by atoms with Crippen molar-refractivity contribution in [3.63, 3.8) is 0 Å². The molecule has 3 aromatic rings. The van der Waals surface area contributed by atoms with E-state index in [9.17, 15) is 0 Å². The first-order valence-corrected chi connectivity index (χ1v) is 8.34. The van der Waals surface area contributed by atoms with E-state index >= 15 is 0 Å². The third-order valence-corrected chi connectivity index (χ3v) is 4.87. The maximum atomic E-state index is 4.46. The van der Waals surface area contributed by atoms with Crippen LogP contribution in [0.5, 0.6) is 0 Å². The Labute approximate surface area is 131 Å². The van der Waals surface area contributed by atoms with Gasteiger partial charge in [0, 0.05) is 6.54 Å². The number of hydrogen-bond donors (Lipinski definition) is 0. The van der Waals surface area contributed by atoms with Gasteiger partial charge in [0.15, 0.2) is 0 Å². The van der Waals surface area contributed by atoms with Gasteiger partial charge in [-0.3, -0.25) is 0 Å². The van der Waals surface area contributed by atoms with Gasteiger partial charge in [0.1, 0.15) is 0 Å². The van der Waals surface area contributed by atoms with Gasteiger partial charge in [-0.1, -0.05) is 56.2 Å². The second-order valence-corrected chi connectivity index (χ2v) is 6.49. The molecule has 0 radical (unpaired) electrons. The molecular formula is C20H22N2. The van der Waals surface area contributed by atoms with Gasteiger partial charge in [-0.25, -0.2) is 4.98 Å². The van der Waals surface area contributed by atoms with Crippen LogP contribution in [0.3, 0.4) is 0 Å². The fraction of sp³-hybridized carbons (Fsp3) is 0.350. The number of rotatable bonds is 5. The minimum absolute atomic E-state index is 0.822. The second-order valence-electron chi connectivity index (χ2n) is 6.49. The molecule has 22 heavy (non-hydrogen) atoms. The molecule has 1 saturated carbocycles. The highest BCUT2D eigenvalue weighted by molar-refractivity contribution is 5.75. The average molecular weight is 290 g/mol. The van der Waals surface area contributed by atoms with Gasteiger partial charge in [-0.15, -0.1) is 0 Å². The van der Waals surface area contributed by atoms with Crippen LogP contribution in [0.15, 0.2) is 54.9 Å². The number of hydrogen-bond acceptors (Lipinski definition) is 1. The third-order valence-electron chi connectivity index (χ3n) is 4.87. The molecule has 2 aromatic carbocycles. The van der Waals surface area contributed by atoms with Crippen LogP contribution in [0.4, 0.5) is 0 Å². The zero-order chi connectivity index (χ0) is 14.9. The van der Waals surface area contributed by atoms with Gasteiger partial charge in [0.05, 0.1) is 17.4 Å². The molecule has 0 spiro atoms. The van der Waals surface area contributed by atoms with Crippen LogP contribution in [-0.4, -0.2) is 9.55 Å². The zero-order valence-electron chi connectivity index (χ0n) is 13.1. The average Bonchev–Trinajstić information content (AvgIpc) is 3.21. The monoisotopic (exact) mass is 290 g/mol. The van der Waals surface area contributed by atoms with Crippen molar-refractivity contribution in [2.75, 3.05) is 0 Å². The van der Waals surface area contributed by atoms with Crippen molar-refractivity contribution >= 4 is 11.0 Å². The molecule has 2 nitrogen and oxygen atoms in total. The van der Waals surface area contributed by atoms with Crippen molar-refractivity contribution in [2.45, 2.75) is 38.6 Å². The predicted molar refractivity (Wildman–Crippen MR) is 91.0 cm³/mol. The van der Waals surface area contributed by atoms with E-state index in [1.165, 1.54) is 35.9 Å². The molecular weight excluding hydrogens is 268 g/mol. The first-order valence-electron chi connectivity index (χ1n) is 8.34. The Bertz CT molecular complexity index is 770. The van der Waals surface area contributed by atoms with Crippen LogP contribution < -0.4 is 0 Å². The lowest BCUT2D eigenvalue weighted by Crippen LogP contribution is -1.98. The summed E-state index contributed by atoms with van der Waals surface area (Å²) in [5.41, 5.74) is 5.15. The molecule has 1 heterocycles. The molecule has 0 amide bonds. The van der Waals surface area contributed by atoms with Crippen molar-refractivity contribution < 1.29 is 0 Å². The Balaban J connectivity index is 1.50. The van der Waals surface area contributed by atoms with Crippen molar-refractivity contribution in [3.05, 3.63) is 66.0 Å². The Kier molecular flexibility index (Phi) is 3.45. The molecule has 1 aliphatic carbocycles. The first kappa shape index (κ1) is 13.6. The minimum Gasteiger partial charge on any atom is -0.326 e. The summed E-state index contributed by atoms with van der Waals surface area (Å²) in [5, 5.41) is 0. The minimum atomic E-state index is 0.822. The molecule has 1 aliphatic rings. The Morgan fingerprint density at radius 2 is 1.91 bits per heavy atom. The zero-order valence-corrected chi connectivity index (χ0v) is 13.1. The third kappa shape index (κ3) is 2.54. The van der Waals surface area contributed by atoms with Crippen LogP contribution in [0, 0.1) is 5.92 Å². The normalized spacial score (nSPS) is 20.4. The van der Waals surface area contributed by atoms with E-state index in [1.54, 1.807) is 0 Å². The van der Waals surface area contributed by atoms with Gasteiger partial charge < -0.3 is 4.57 Å². The smallest absolute Gasteiger partial charge is 0.0961 e. The summed E-state index contributed by atoms with van der Waals surface area (Å²) in [6, 6.07) is 17.5. The van der Waals surface area contributed by atoms with E-state index < -0.39 is 0 Å². The van der Waals surface area contributed by atoms with Gasteiger partial charge in [-0.05, 0) is 41.5 Å². The molecule has 2 unspecified atom stereocenters. The highest BCUT2D eigenvalue weighted by Gasteiger charge is 2.36. The summed E-state index contributed by atoms with van der Waals surface area (Å²) in [6.45, 7) is 3.18. The van der Waals surface area contributed by atoms with Gasteiger partial charge in [-0.2, -0.15) is 0 Å². The molecule has 2 heteroatoms. The summed E-state index contributed by atoms with van der Waals surface area (Å²) >= 11 is 0. The highest BCUT2D eigenvalue weighted by atomic mass is 15.0. The van der Waals surface area contributed by atoms with E-state index in [0.717, 1.165) is 23.9 Å². The molecule has 112 valence electrons. The maximum Gasteiger partial charge on any atom is 0.0961 e. The summed E-state index contributed by atoms with van der Waals surface area (Å²) in [7, 11) is 0. The Morgan fingerprint density at radius 1 is 1.09 bits per heavy atom. The van der Waals surface area contributed by atoms with Crippen molar-refractivity contribution in [1.82, 2.24) is 9.55 Å². The molecule has 1 aromatic heterocycles. The van der Waals surface area contributed by atoms with Crippen LogP contribution >= 0.6 is 0 Å². The SMILES string of the molecule is CCCC1CC1c1ccc(Cn2cnc3ccccc32)cc1. The highest BCUT2D eigenvalue weighted by Crippen LogP contribution is 2.50. The number of para-hydroxylation sites is 2. The molecule has 0 saturated heterocycles. The van der Waals surface area contributed by atoms with Crippen LogP contribution in [-0.2, 0) is 6.54 Å². The summed E-state index contributed by atoms with van der Waals surface area (Å²) in [6.07, 6.45) is 6.02. The molecule has 4 rings (SSSR count). The van der Waals surface area contributed by atoms with Crippen molar-refractivity contribution in [3.8, 4) is 0 Å². The van der Waals surface area contributed by atoms with Crippen LogP contribution in [0.2, 0.25) is 0 Å². The standard InChI is InChI=1S/C20H22N2/c1-2-5-17-12-18(17)16-10-8-15(9-11-16)13-22-14-21-19-6-3-4-7-20(19)22/h3-4,6-11,14,17-18H,2,5,12-13H2,1H3. The van der Waals surface area contributed by atoms with E-state index in [2.05, 4.69) is 58.9 Å². The lowest BCUT2D eigenvalue weighted by atomic mass is 10.1. The van der Waals surface area contributed by atoms with Crippen LogP contribution in [0.25, 0.3) is 11.0 Å². The largest absolute Gasteiger partial charge is 0.326 e. The summed E-state index contributed by atoms with van der Waals surface area (Å²) in [5.74, 6) is 1.76. The fourth-order valence-corrected chi connectivity index (χ4v) is 3.55. The van der Waals surface area contributed by atoms with E-state index in [1.807, 2.05) is 12.4 Å².